The lowest BCUT2D eigenvalue weighted by molar-refractivity contribution is 0.355. The molecule has 0 atom stereocenters. The molecule has 1 aromatic heterocycles. The van der Waals surface area contributed by atoms with Crippen molar-refractivity contribution in [2.45, 2.75) is 13.3 Å². The average molecular weight is 442 g/mol. The third-order valence-electron chi connectivity index (χ3n) is 4.90. The van der Waals surface area contributed by atoms with Crippen LogP contribution in [0, 0.1) is 0 Å². The van der Waals surface area contributed by atoms with Crippen LogP contribution in [-0.2, 0) is 6.42 Å². The van der Waals surface area contributed by atoms with Crippen molar-refractivity contribution in [3.05, 3.63) is 47.8 Å². The number of benzene rings is 2. The van der Waals surface area contributed by atoms with Gasteiger partial charge in [0, 0.05) is 36.3 Å². The molecule has 2 N–H and O–H groups in total. The summed E-state index contributed by atoms with van der Waals surface area (Å²) in [7, 11) is 6.47. The van der Waals surface area contributed by atoms with Crippen molar-refractivity contribution >= 4 is 33.8 Å². The van der Waals surface area contributed by atoms with Crippen molar-refractivity contribution < 1.29 is 18.9 Å². The molecule has 7 nitrogen and oxygen atoms in total. The van der Waals surface area contributed by atoms with Crippen molar-refractivity contribution in [2.75, 3.05) is 40.3 Å². The van der Waals surface area contributed by atoms with Crippen LogP contribution in [0.25, 0.3) is 10.8 Å². The zero-order chi connectivity index (χ0) is 22.4. The Hall–Kier alpha value is -3.26. The number of ether oxygens (including phenoxy) is 4. The van der Waals surface area contributed by atoms with Crippen molar-refractivity contribution in [1.82, 2.24) is 10.3 Å². The van der Waals surface area contributed by atoms with E-state index in [4.69, 9.17) is 31.2 Å². The number of hydrogen-bond acceptors (Lipinski definition) is 6. The number of anilines is 1. The summed E-state index contributed by atoms with van der Waals surface area (Å²) in [5.41, 5.74) is 2.68. The molecule has 0 bridgehead atoms. The maximum Gasteiger partial charge on any atom is 0.170 e. The first-order chi connectivity index (χ1) is 15.0. The summed E-state index contributed by atoms with van der Waals surface area (Å²) in [6.45, 7) is 2.71. The standard InChI is InChI=1S/C23H27N3O4S/c1-6-24-23(31)26-17-13-22(30-5)20(28-3)11-15(17)9-18-16-12-21(29-4)19(27-2)10-14(16)7-8-25-18/h7-8,10-13H,6,9H2,1-5H3,(H2,24,26,31). The van der Waals surface area contributed by atoms with Gasteiger partial charge in [-0.3, -0.25) is 4.98 Å². The van der Waals surface area contributed by atoms with Gasteiger partial charge in [-0.05, 0) is 54.4 Å². The first kappa shape index (κ1) is 22.4. The molecular formula is C23H27N3O4S. The number of pyridine rings is 1. The number of nitrogens with zero attached hydrogens (tertiary/aromatic N) is 1. The number of hydrogen-bond donors (Lipinski definition) is 2. The molecule has 0 aliphatic rings. The highest BCUT2D eigenvalue weighted by molar-refractivity contribution is 7.80. The molecule has 0 saturated heterocycles. The summed E-state index contributed by atoms with van der Waals surface area (Å²) in [4.78, 5) is 4.64. The molecule has 0 aliphatic carbocycles. The molecule has 164 valence electrons. The van der Waals surface area contributed by atoms with Gasteiger partial charge in [-0.25, -0.2) is 0 Å². The Labute approximate surface area is 187 Å². The van der Waals surface area contributed by atoms with Crippen LogP contribution in [0.5, 0.6) is 23.0 Å². The predicted molar refractivity (Wildman–Crippen MR) is 127 cm³/mol. The molecule has 31 heavy (non-hydrogen) atoms. The van der Waals surface area contributed by atoms with Crippen LogP contribution in [0.2, 0.25) is 0 Å². The zero-order valence-electron chi connectivity index (χ0n) is 18.4. The fraction of sp³-hybridized carbons (Fsp3) is 0.304. The van der Waals surface area contributed by atoms with Crippen LogP contribution in [0.4, 0.5) is 5.69 Å². The maximum absolute atomic E-state index is 5.52. The second-order valence-corrected chi connectivity index (χ2v) is 7.12. The molecule has 0 radical (unpaired) electrons. The molecule has 0 saturated carbocycles. The lowest BCUT2D eigenvalue weighted by Crippen LogP contribution is -2.28. The molecule has 0 amide bonds. The van der Waals surface area contributed by atoms with Crippen LogP contribution in [-0.4, -0.2) is 45.1 Å². The summed E-state index contributed by atoms with van der Waals surface area (Å²) in [6, 6.07) is 9.68. The van der Waals surface area contributed by atoms with E-state index < -0.39 is 0 Å². The molecule has 0 spiro atoms. The van der Waals surface area contributed by atoms with Gasteiger partial charge in [0.1, 0.15) is 0 Å². The van der Waals surface area contributed by atoms with Gasteiger partial charge in [0.15, 0.2) is 28.1 Å². The Morgan fingerprint density at radius 1 is 0.903 bits per heavy atom. The molecule has 2 aromatic carbocycles. The molecule has 3 rings (SSSR count). The molecule has 3 aromatic rings. The first-order valence-corrected chi connectivity index (χ1v) is 10.2. The van der Waals surface area contributed by atoms with E-state index >= 15 is 0 Å². The quantitative estimate of drug-likeness (QED) is 0.505. The second-order valence-electron chi connectivity index (χ2n) is 6.71. The number of rotatable bonds is 8. The molecule has 0 fully saturated rings. The van der Waals surface area contributed by atoms with Crippen LogP contribution >= 0.6 is 12.2 Å². The zero-order valence-corrected chi connectivity index (χ0v) is 19.2. The van der Waals surface area contributed by atoms with Crippen LogP contribution < -0.4 is 29.6 Å². The number of thiocarbonyl (C=S) groups is 1. The van der Waals surface area contributed by atoms with Crippen molar-refractivity contribution in [1.29, 1.82) is 0 Å². The SMILES string of the molecule is CCNC(=S)Nc1cc(OC)c(OC)cc1Cc1nccc2cc(OC)c(OC)cc12. The molecule has 0 unspecified atom stereocenters. The Morgan fingerprint density at radius 2 is 1.52 bits per heavy atom. The lowest BCUT2D eigenvalue weighted by atomic mass is 10.0. The summed E-state index contributed by atoms with van der Waals surface area (Å²) >= 11 is 5.40. The largest absolute Gasteiger partial charge is 0.493 e. The Morgan fingerprint density at radius 3 is 2.16 bits per heavy atom. The van der Waals surface area contributed by atoms with Gasteiger partial charge in [-0.15, -0.1) is 0 Å². The van der Waals surface area contributed by atoms with Crippen LogP contribution in [0.1, 0.15) is 18.2 Å². The van der Waals surface area contributed by atoms with Gasteiger partial charge in [-0.2, -0.15) is 0 Å². The van der Waals surface area contributed by atoms with Gasteiger partial charge in [0.2, 0.25) is 0 Å². The minimum Gasteiger partial charge on any atom is -0.493 e. The number of aromatic nitrogens is 1. The van der Waals surface area contributed by atoms with Crippen molar-refractivity contribution in [3.8, 4) is 23.0 Å². The number of fused-ring (bicyclic) bond motifs is 1. The van der Waals surface area contributed by atoms with Crippen molar-refractivity contribution in [2.24, 2.45) is 0 Å². The third-order valence-corrected chi connectivity index (χ3v) is 5.15. The van der Waals surface area contributed by atoms with Gasteiger partial charge in [-0.1, -0.05) is 0 Å². The molecular weight excluding hydrogens is 414 g/mol. The van der Waals surface area contributed by atoms with Gasteiger partial charge in [0.05, 0.1) is 34.1 Å². The van der Waals surface area contributed by atoms with Gasteiger partial charge >= 0.3 is 0 Å². The molecule has 1 heterocycles. The monoisotopic (exact) mass is 441 g/mol. The number of methoxy groups -OCH3 is 4. The minimum atomic E-state index is 0.535. The fourth-order valence-electron chi connectivity index (χ4n) is 3.39. The van der Waals surface area contributed by atoms with E-state index in [0.29, 0.717) is 34.5 Å². The summed E-state index contributed by atoms with van der Waals surface area (Å²) < 4.78 is 21.9. The van der Waals surface area contributed by atoms with E-state index in [2.05, 4.69) is 15.6 Å². The topological polar surface area (TPSA) is 73.9 Å². The van der Waals surface area contributed by atoms with E-state index in [1.807, 2.05) is 37.3 Å². The predicted octanol–water partition coefficient (Wildman–Crippen LogP) is 4.17. The highest BCUT2D eigenvalue weighted by Gasteiger charge is 2.16. The Bertz CT molecular complexity index is 1090. The van der Waals surface area contributed by atoms with Crippen LogP contribution in [0.15, 0.2) is 36.5 Å². The lowest BCUT2D eigenvalue weighted by Gasteiger charge is -2.18. The van der Waals surface area contributed by atoms with E-state index in [1.54, 1.807) is 34.6 Å². The Balaban J connectivity index is 2.10. The number of nitrogens with one attached hydrogen (secondary N) is 2. The van der Waals surface area contributed by atoms with E-state index in [0.717, 1.165) is 34.3 Å². The highest BCUT2D eigenvalue weighted by Crippen LogP contribution is 2.37. The Kier molecular flexibility index (Phi) is 7.36. The second kappa shape index (κ2) is 10.2. The summed E-state index contributed by atoms with van der Waals surface area (Å²) in [6.07, 6.45) is 2.34. The third kappa shape index (κ3) is 4.91. The van der Waals surface area contributed by atoms with E-state index in [-0.39, 0.29) is 0 Å². The maximum atomic E-state index is 5.52. The molecule has 0 aliphatic heterocycles. The van der Waals surface area contributed by atoms with Gasteiger partial charge in [0.25, 0.3) is 0 Å². The van der Waals surface area contributed by atoms with Crippen LogP contribution in [0.3, 0.4) is 0 Å². The highest BCUT2D eigenvalue weighted by atomic mass is 32.1. The summed E-state index contributed by atoms with van der Waals surface area (Å²) in [5, 5.41) is 8.90. The first-order valence-electron chi connectivity index (χ1n) is 9.83. The van der Waals surface area contributed by atoms with Crippen molar-refractivity contribution in [3.63, 3.8) is 0 Å². The smallest absolute Gasteiger partial charge is 0.170 e. The fourth-order valence-corrected chi connectivity index (χ4v) is 3.65. The van der Waals surface area contributed by atoms with E-state index in [1.165, 1.54) is 0 Å². The normalized spacial score (nSPS) is 10.5. The van der Waals surface area contributed by atoms with Gasteiger partial charge < -0.3 is 29.6 Å². The minimum absolute atomic E-state index is 0.535. The van der Waals surface area contributed by atoms with E-state index in [9.17, 15) is 0 Å². The molecule has 8 heteroatoms. The summed E-state index contributed by atoms with van der Waals surface area (Å²) in [5.74, 6) is 2.59. The average Bonchev–Trinajstić information content (AvgIpc) is 2.79.